The van der Waals surface area contributed by atoms with Crippen molar-refractivity contribution in [3.05, 3.63) is 45.8 Å². The van der Waals surface area contributed by atoms with Crippen LogP contribution in [0.2, 0.25) is 0 Å². The number of thiophene rings is 1. The van der Waals surface area contributed by atoms with Crippen molar-refractivity contribution in [2.75, 3.05) is 11.9 Å². The molecule has 96 valence electrons. The maximum Gasteiger partial charge on any atom is 0.266 e. The van der Waals surface area contributed by atoms with Gasteiger partial charge in [-0.05, 0) is 30.7 Å². The van der Waals surface area contributed by atoms with E-state index in [9.17, 15) is 4.79 Å². The summed E-state index contributed by atoms with van der Waals surface area (Å²) in [7, 11) is 0. The Morgan fingerprint density at radius 2 is 2.26 bits per heavy atom. The van der Waals surface area contributed by atoms with E-state index in [0.717, 1.165) is 10.4 Å². The third-order valence-electron chi connectivity index (χ3n) is 2.27. The molecule has 5 heteroatoms. The zero-order valence-electron chi connectivity index (χ0n) is 10.3. The fourth-order valence-corrected chi connectivity index (χ4v) is 2.15. The number of nitrogens with one attached hydrogen (secondary N) is 1. The summed E-state index contributed by atoms with van der Waals surface area (Å²) in [5.41, 5.74) is 1.04. The monoisotopic (exact) mass is 272 g/mol. The number of aryl methyl sites for hydroxylation is 1. The minimum Gasteiger partial charge on any atom is -0.384 e. The van der Waals surface area contributed by atoms with E-state index in [1.165, 1.54) is 11.3 Å². The lowest BCUT2D eigenvalue weighted by Crippen LogP contribution is -2.11. The first-order valence-electron chi connectivity index (χ1n) is 5.62. The Balaban J connectivity index is 2.07. The topological polar surface area (TPSA) is 62.2 Å². The molecule has 2 N–H and O–H groups in total. The summed E-state index contributed by atoms with van der Waals surface area (Å²) in [5.74, 6) is 5.62. The predicted octanol–water partition coefficient (Wildman–Crippen LogP) is 2.05. The van der Waals surface area contributed by atoms with Gasteiger partial charge in [0.25, 0.3) is 5.91 Å². The standard InChI is InChI=1S/C14H12N2O2S/c1-10-4-7-13(15-9-10)16-14(18)12-6-5-11(19-12)3-2-8-17/h4-7,9,17H,8H2,1H3,(H,15,16,18). The van der Waals surface area contributed by atoms with Crippen molar-refractivity contribution in [3.8, 4) is 11.8 Å². The van der Waals surface area contributed by atoms with Crippen molar-refractivity contribution in [2.45, 2.75) is 6.92 Å². The Hall–Kier alpha value is -2.16. The van der Waals surface area contributed by atoms with Crippen LogP contribution in [0, 0.1) is 18.8 Å². The molecule has 0 unspecified atom stereocenters. The van der Waals surface area contributed by atoms with Crippen molar-refractivity contribution in [2.24, 2.45) is 0 Å². The lowest BCUT2D eigenvalue weighted by molar-refractivity contribution is 0.103. The molecule has 0 spiro atoms. The number of pyridine rings is 1. The Labute approximate surface area is 115 Å². The molecule has 19 heavy (non-hydrogen) atoms. The van der Waals surface area contributed by atoms with Crippen LogP contribution in [0.15, 0.2) is 30.5 Å². The number of amides is 1. The molecule has 0 fully saturated rings. The third-order valence-corrected chi connectivity index (χ3v) is 3.27. The molecule has 2 rings (SSSR count). The molecule has 0 radical (unpaired) electrons. The highest BCUT2D eigenvalue weighted by atomic mass is 32.1. The number of carbonyl (C=O) groups is 1. The minimum absolute atomic E-state index is 0.188. The van der Waals surface area contributed by atoms with Crippen LogP contribution in [0.4, 0.5) is 5.82 Å². The van der Waals surface area contributed by atoms with Crippen molar-refractivity contribution >= 4 is 23.1 Å². The molecule has 0 saturated carbocycles. The molecule has 2 aromatic heterocycles. The van der Waals surface area contributed by atoms with Crippen molar-refractivity contribution < 1.29 is 9.90 Å². The van der Waals surface area contributed by atoms with E-state index >= 15 is 0 Å². The Morgan fingerprint density at radius 1 is 1.42 bits per heavy atom. The van der Waals surface area contributed by atoms with Crippen LogP contribution in [-0.4, -0.2) is 22.6 Å². The SMILES string of the molecule is Cc1ccc(NC(=O)c2ccc(C#CCO)s2)nc1. The molecular formula is C14H12N2O2S. The van der Waals surface area contributed by atoms with Crippen LogP contribution in [0.1, 0.15) is 20.1 Å². The summed E-state index contributed by atoms with van der Waals surface area (Å²) in [6, 6.07) is 7.10. The first kappa shape index (κ1) is 13.3. The normalized spacial score (nSPS) is 9.58. The number of hydrogen-bond acceptors (Lipinski definition) is 4. The van der Waals surface area contributed by atoms with Crippen LogP contribution in [-0.2, 0) is 0 Å². The highest BCUT2D eigenvalue weighted by Crippen LogP contribution is 2.17. The maximum atomic E-state index is 11.9. The maximum absolute atomic E-state index is 11.9. The Bertz CT molecular complexity index is 635. The van der Waals surface area contributed by atoms with Gasteiger partial charge in [0.1, 0.15) is 12.4 Å². The predicted molar refractivity (Wildman–Crippen MR) is 75.2 cm³/mol. The molecule has 0 saturated heterocycles. The zero-order valence-corrected chi connectivity index (χ0v) is 11.1. The van der Waals surface area contributed by atoms with Gasteiger partial charge in [-0.1, -0.05) is 17.9 Å². The molecular weight excluding hydrogens is 260 g/mol. The van der Waals surface area contributed by atoms with Gasteiger partial charge in [0.05, 0.1) is 9.75 Å². The molecule has 1 amide bonds. The molecule has 2 aromatic rings. The van der Waals surface area contributed by atoms with Gasteiger partial charge in [0.15, 0.2) is 0 Å². The van der Waals surface area contributed by atoms with E-state index in [4.69, 9.17) is 5.11 Å². The summed E-state index contributed by atoms with van der Waals surface area (Å²) >= 11 is 1.28. The van der Waals surface area contributed by atoms with Crippen molar-refractivity contribution in [1.82, 2.24) is 4.98 Å². The second kappa shape index (κ2) is 6.14. The van der Waals surface area contributed by atoms with Gasteiger partial charge in [-0.2, -0.15) is 0 Å². The van der Waals surface area contributed by atoms with E-state index in [1.54, 1.807) is 24.4 Å². The number of rotatable bonds is 2. The first-order chi connectivity index (χ1) is 9.19. The van der Waals surface area contributed by atoms with Gasteiger partial charge < -0.3 is 10.4 Å². The fraction of sp³-hybridized carbons (Fsp3) is 0.143. The molecule has 0 aliphatic rings. The number of anilines is 1. The lowest BCUT2D eigenvalue weighted by atomic mass is 10.3. The van der Waals surface area contributed by atoms with Crippen LogP contribution < -0.4 is 5.32 Å². The summed E-state index contributed by atoms with van der Waals surface area (Å²) in [6.07, 6.45) is 1.70. The quantitative estimate of drug-likeness (QED) is 0.822. The van der Waals surface area contributed by atoms with Crippen LogP contribution in [0.25, 0.3) is 0 Å². The second-order valence-corrected chi connectivity index (χ2v) is 4.88. The average Bonchev–Trinajstić information content (AvgIpc) is 2.88. The van der Waals surface area contributed by atoms with Crippen molar-refractivity contribution in [3.63, 3.8) is 0 Å². The Kier molecular flexibility index (Phi) is 4.29. The number of aromatic nitrogens is 1. The largest absolute Gasteiger partial charge is 0.384 e. The lowest BCUT2D eigenvalue weighted by Gasteiger charge is -2.02. The van der Waals surface area contributed by atoms with Gasteiger partial charge in [-0.15, -0.1) is 11.3 Å². The fourth-order valence-electron chi connectivity index (χ4n) is 1.37. The highest BCUT2D eigenvalue weighted by molar-refractivity contribution is 7.14. The Morgan fingerprint density at radius 3 is 2.95 bits per heavy atom. The van der Waals surface area contributed by atoms with E-state index in [-0.39, 0.29) is 12.5 Å². The second-order valence-electron chi connectivity index (χ2n) is 3.80. The van der Waals surface area contributed by atoms with E-state index < -0.39 is 0 Å². The number of aliphatic hydroxyl groups is 1. The van der Waals surface area contributed by atoms with Crippen LogP contribution in [0.3, 0.4) is 0 Å². The van der Waals surface area contributed by atoms with Gasteiger partial charge in [-0.25, -0.2) is 4.98 Å². The van der Waals surface area contributed by atoms with E-state index in [1.807, 2.05) is 13.0 Å². The first-order valence-corrected chi connectivity index (χ1v) is 6.44. The number of nitrogens with zero attached hydrogens (tertiary/aromatic N) is 1. The molecule has 0 aliphatic heterocycles. The van der Waals surface area contributed by atoms with Crippen molar-refractivity contribution in [1.29, 1.82) is 0 Å². The number of aliphatic hydroxyl groups excluding tert-OH is 1. The van der Waals surface area contributed by atoms with Gasteiger partial charge >= 0.3 is 0 Å². The van der Waals surface area contributed by atoms with Crippen LogP contribution in [0.5, 0.6) is 0 Å². The van der Waals surface area contributed by atoms with E-state index in [2.05, 4.69) is 22.1 Å². The smallest absolute Gasteiger partial charge is 0.266 e. The minimum atomic E-state index is -0.210. The van der Waals surface area contributed by atoms with E-state index in [0.29, 0.717) is 10.7 Å². The summed E-state index contributed by atoms with van der Waals surface area (Å²) < 4.78 is 0. The molecule has 0 bridgehead atoms. The summed E-state index contributed by atoms with van der Waals surface area (Å²) in [4.78, 5) is 17.4. The molecule has 0 aliphatic carbocycles. The number of hydrogen-bond donors (Lipinski definition) is 2. The summed E-state index contributed by atoms with van der Waals surface area (Å²) in [6.45, 7) is 1.75. The molecule has 0 aromatic carbocycles. The third kappa shape index (κ3) is 3.65. The van der Waals surface area contributed by atoms with Gasteiger partial charge in [0, 0.05) is 6.20 Å². The highest BCUT2D eigenvalue weighted by Gasteiger charge is 2.09. The zero-order chi connectivity index (χ0) is 13.7. The molecule has 0 atom stereocenters. The summed E-state index contributed by atoms with van der Waals surface area (Å²) in [5, 5.41) is 11.3. The molecule has 2 heterocycles. The van der Waals surface area contributed by atoms with Gasteiger partial charge in [0.2, 0.25) is 0 Å². The van der Waals surface area contributed by atoms with Gasteiger partial charge in [-0.3, -0.25) is 4.79 Å². The molecule has 4 nitrogen and oxygen atoms in total. The number of carbonyl (C=O) groups excluding carboxylic acids is 1. The average molecular weight is 272 g/mol. The van der Waals surface area contributed by atoms with Crippen LogP contribution >= 0.6 is 11.3 Å².